The Balaban J connectivity index is 1.11. The van der Waals surface area contributed by atoms with Crippen LogP contribution in [0.15, 0.2) is 48.1 Å². The summed E-state index contributed by atoms with van der Waals surface area (Å²) in [6.07, 6.45) is 7.70. The van der Waals surface area contributed by atoms with Crippen molar-refractivity contribution in [3.63, 3.8) is 0 Å². The Morgan fingerprint density at radius 2 is 1.91 bits per heavy atom. The predicted octanol–water partition coefficient (Wildman–Crippen LogP) is 5.05. The predicted molar refractivity (Wildman–Crippen MR) is 163 cm³/mol. The Kier molecular flexibility index (Phi) is 8.48. The first kappa shape index (κ1) is 31.0. The summed E-state index contributed by atoms with van der Waals surface area (Å²) in [7, 11) is 3.71. The SMILES string of the molecule is CN(CC1(SNC(=O)C2=CCC(Nc3nc(NC4(c5ccc(Cl)cc5)CC4)[n+](C)c(OCC(F)(F)F)n3)C=C2)CC1)C1CC1. The summed E-state index contributed by atoms with van der Waals surface area (Å²) in [6, 6.07) is 7.63. The van der Waals surface area contributed by atoms with Crippen LogP contribution in [0, 0.1) is 0 Å². The quantitative estimate of drug-likeness (QED) is 0.205. The largest absolute Gasteiger partial charge is 0.437 e. The van der Waals surface area contributed by atoms with Gasteiger partial charge in [-0.05, 0) is 86.6 Å². The van der Waals surface area contributed by atoms with Crippen molar-refractivity contribution in [1.29, 1.82) is 0 Å². The van der Waals surface area contributed by atoms with Crippen LogP contribution < -0.4 is 24.7 Å². The number of hydrogen-bond acceptors (Lipinski definition) is 8. The van der Waals surface area contributed by atoms with Gasteiger partial charge in [-0.1, -0.05) is 46.9 Å². The van der Waals surface area contributed by atoms with E-state index in [0.29, 0.717) is 29.0 Å². The lowest BCUT2D eigenvalue weighted by Gasteiger charge is -2.23. The van der Waals surface area contributed by atoms with E-state index < -0.39 is 18.3 Å². The molecule has 1 atom stereocenters. The van der Waals surface area contributed by atoms with Gasteiger partial charge >= 0.3 is 24.1 Å². The molecule has 1 amide bonds. The van der Waals surface area contributed by atoms with Crippen molar-refractivity contribution in [2.75, 3.05) is 30.8 Å². The van der Waals surface area contributed by atoms with E-state index in [1.807, 2.05) is 24.3 Å². The molecule has 3 N–H and O–H groups in total. The minimum absolute atomic E-state index is 0.0983. The average Bonchev–Trinajstić information content (AvgIpc) is 3.84. The van der Waals surface area contributed by atoms with Gasteiger partial charge in [0.25, 0.3) is 5.91 Å². The lowest BCUT2D eigenvalue weighted by Crippen LogP contribution is -2.41. The monoisotopic (exact) mass is 650 g/mol. The molecule has 1 heterocycles. The van der Waals surface area contributed by atoms with Crippen molar-refractivity contribution < 1.29 is 27.3 Å². The molecule has 0 aliphatic heterocycles. The molecule has 14 heteroatoms. The minimum atomic E-state index is -4.53. The van der Waals surface area contributed by atoms with Gasteiger partial charge in [0.2, 0.25) is 0 Å². The molecule has 1 aromatic carbocycles. The molecule has 4 aliphatic carbocycles. The molecule has 1 aromatic heterocycles. The molecule has 236 valence electrons. The van der Waals surface area contributed by atoms with Crippen LogP contribution in [-0.2, 0) is 17.4 Å². The second-order valence-electron chi connectivity index (χ2n) is 12.2. The number of ether oxygens (including phenoxy) is 1. The van der Waals surface area contributed by atoms with Crippen molar-refractivity contribution in [2.45, 2.75) is 73.5 Å². The fourth-order valence-corrected chi connectivity index (χ4v) is 6.44. The first-order valence-electron chi connectivity index (χ1n) is 14.8. The third-order valence-corrected chi connectivity index (χ3v) is 9.94. The third kappa shape index (κ3) is 7.60. The van der Waals surface area contributed by atoms with Crippen LogP contribution in [0.2, 0.25) is 5.02 Å². The highest BCUT2D eigenvalue weighted by Gasteiger charge is 2.49. The number of amides is 1. The van der Waals surface area contributed by atoms with Gasteiger partial charge in [0, 0.05) is 27.9 Å². The maximum absolute atomic E-state index is 13.0. The van der Waals surface area contributed by atoms with Crippen LogP contribution >= 0.6 is 23.5 Å². The van der Waals surface area contributed by atoms with Crippen molar-refractivity contribution >= 4 is 41.4 Å². The van der Waals surface area contributed by atoms with E-state index in [4.69, 9.17) is 16.3 Å². The highest BCUT2D eigenvalue weighted by molar-refractivity contribution is 7.99. The number of nitrogens with zero attached hydrogens (tertiary/aromatic N) is 4. The molecule has 0 radical (unpaired) electrons. The molecular weight excluding hydrogens is 615 g/mol. The van der Waals surface area contributed by atoms with Gasteiger partial charge in [0.15, 0.2) is 6.61 Å². The summed E-state index contributed by atoms with van der Waals surface area (Å²) in [5.41, 5.74) is 1.15. The van der Waals surface area contributed by atoms with E-state index in [0.717, 1.165) is 37.8 Å². The van der Waals surface area contributed by atoms with E-state index >= 15 is 0 Å². The van der Waals surface area contributed by atoms with Gasteiger partial charge < -0.3 is 15.0 Å². The molecule has 9 nitrogen and oxygen atoms in total. The Hall–Kier alpha value is -3.03. The number of carbonyl (C=O) groups excluding carboxylic acids is 1. The number of hydrogen-bond donors (Lipinski definition) is 3. The summed E-state index contributed by atoms with van der Waals surface area (Å²) in [4.78, 5) is 24.1. The fraction of sp³-hybridized carbons (Fsp3) is 0.533. The minimum Gasteiger partial charge on any atom is -0.437 e. The molecule has 1 unspecified atom stereocenters. The first-order valence-corrected chi connectivity index (χ1v) is 16.0. The van der Waals surface area contributed by atoms with Crippen LogP contribution in [-0.4, -0.2) is 64.0 Å². The Bertz CT molecular complexity index is 1460. The van der Waals surface area contributed by atoms with Gasteiger partial charge in [-0.25, -0.2) is 0 Å². The summed E-state index contributed by atoms with van der Waals surface area (Å²) in [5.74, 6) is 0.275. The number of anilines is 2. The van der Waals surface area contributed by atoms with E-state index in [1.54, 1.807) is 25.3 Å². The van der Waals surface area contributed by atoms with Crippen LogP contribution in [0.3, 0.4) is 0 Å². The van der Waals surface area contributed by atoms with Crippen molar-refractivity contribution in [1.82, 2.24) is 19.6 Å². The van der Waals surface area contributed by atoms with E-state index in [9.17, 15) is 18.0 Å². The number of benzene rings is 1. The van der Waals surface area contributed by atoms with Gasteiger partial charge in [0.1, 0.15) is 0 Å². The maximum atomic E-state index is 13.0. The molecule has 4 aliphatic rings. The zero-order chi connectivity index (χ0) is 31.1. The molecule has 3 fully saturated rings. The standard InChI is InChI=1S/C30H35ClF3N7O2S/c1-40(23-11-12-23)17-28(13-14-28)44-39-24(42)19-3-9-22(10-4-19)35-25-36-26(41(2)27(37-25)43-18-30(32,33)34)38-29(15-16-29)20-5-7-21(31)8-6-20/h3-9,22-23H,10-18H2,1-2H3,(H2,35,36,38,39,42)/p+1. The van der Waals surface area contributed by atoms with Crippen LogP contribution in [0.25, 0.3) is 0 Å². The molecule has 0 bridgehead atoms. The average molecular weight is 651 g/mol. The zero-order valence-electron chi connectivity index (χ0n) is 24.6. The lowest BCUT2D eigenvalue weighted by atomic mass is 10.0. The summed E-state index contributed by atoms with van der Waals surface area (Å²) in [5, 5.41) is 7.19. The topological polar surface area (TPSA) is 95.3 Å². The van der Waals surface area contributed by atoms with E-state index in [2.05, 4.69) is 37.3 Å². The second-order valence-corrected chi connectivity index (χ2v) is 13.9. The molecule has 3 saturated carbocycles. The number of rotatable bonds is 13. The summed E-state index contributed by atoms with van der Waals surface area (Å²) in [6.45, 7) is -0.509. The second kappa shape index (κ2) is 12.1. The first-order chi connectivity index (χ1) is 20.9. The third-order valence-electron chi connectivity index (χ3n) is 8.43. The number of halogens is 4. The maximum Gasteiger partial charge on any atom is 0.422 e. The van der Waals surface area contributed by atoms with Crippen molar-refractivity contribution in [2.24, 2.45) is 7.05 Å². The molecule has 0 spiro atoms. The fourth-order valence-electron chi connectivity index (χ4n) is 5.31. The number of nitrogens with one attached hydrogen (secondary N) is 3. The van der Waals surface area contributed by atoms with Gasteiger partial charge in [0.05, 0.1) is 18.6 Å². The zero-order valence-corrected chi connectivity index (χ0v) is 26.2. The Morgan fingerprint density at radius 1 is 1.18 bits per heavy atom. The number of aromatic nitrogens is 3. The molecule has 6 rings (SSSR count). The highest BCUT2D eigenvalue weighted by atomic mass is 35.5. The van der Waals surface area contributed by atoms with Gasteiger partial charge in [-0.2, -0.15) is 17.7 Å². The molecular formula is C30H36ClF3N7O2S+. The van der Waals surface area contributed by atoms with Crippen molar-refractivity contribution in [3.8, 4) is 6.01 Å². The van der Waals surface area contributed by atoms with Crippen LogP contribution in [0.5, 0.6) is 6.01 Å². The van der Waals surface area contributed by atoms with Crippen LogP contribution in [0.4, 0.5) is 25.1 Å². The highest BCUT2D eigenvalue weighted by Crippen LogP contribution is 2.49. The van der Waals surface area contributed by atoms with Crippen LogP contribution in [0.1, 0.15) is 50.5 Å². The summed E-state index contributed by atoms with van der Waals surface area (Å²) < 4.78 is 48.7. The van der Waals surface area contributed by atoms with E-state index in [1.165, 1.54) is 29.4 Å². The molecule has 44 heavy (non-hydrogen) atoms. The lowest BCUT2D eigenvalue weighted by molar-refractivity contribution is -0.669. The van der Waals surface area contributed by atoms with Gasteiger partial charge in [-0.15, -0.1) is 0 Å². The van der Waals surface area contributed by atoms with Crippen molar-refractivity contribution in [3.05, 3.63) is 58.7 Å². The molecule has 0 saturated heterocycles. The van der Waals surface area contributed by atoms with E-state index in [-0.39, 0.29) is 28.7 Å². The van der Waals surface area contributed by atoms with Gasteiger partial charge in [-0.3, -0.25) is 14.8 Å². The Morgan fingerprint density at radius 3 is 2.50 bits per heavy atom. The smallest absolute Gasteiger partial charge is 0.422 e. The molecule has 2 aromatic rings. The normalized spacial score (nSPS) is 21.4. The number of carbonyl (C=O) groups is 1. The Labute approximate surface area is 263 Å². The summed E-state index contributed by atoms with van der Waals surface area (Å²) >= 11 is 7.59. The number of alkyl halides is 3.